The van der Waals surface area contributed by atoms with E-state index in [1.54, 1.807) is 11.3 Å². The first kappa shape index (κ1) is 10.6. The highest BCUT2D eigenvalue weighted by atomic mass is 32.1. The molecule has 4 heteroatoms. The van der Waals surface area contributed by atoms with E-state index in [9.17, 15) is 4.79 Å². The number of nitrogens with zero attached hydrogens (tertiary/aromatic N) is 1. The molecule has 82 valence electrons. The first-order valence-electron chi connectivity index (χ1n) is 5.10. The van der Waals surface area contributed by atoms with Gasteiger partial charge in [0.05, 0.1) is 5.92 Å². The summed E-state index contributed by atoms with van der Waals surface area (Å²) in [6.45, 7) is 1.83. The van der Waals surface area contributed by atoms with Gasteiger partial charge in [-0.05, 0) is 30.8 Å². The zero-order valence-electron chi connectivity index (χ0n) is 8.72. The van der Waals surface area contributed by atoms with Gasteiger partial charge in [-0.2, -0.15) is 0 Å². The molecule has 2 atom stereocenters. The third-order valence-electron chi connectivity index (χ3n) is 2.79. The van der Waals surface area contributed by atoms with Gasteiger partial charge in [-0.25, -0.2) is 0 Å². The van der Waals surface area contributed by atoms with Crippen LogP contribution >= 0.6 is 11.3 Å². The maximum Gasteiger partial charge on any atom is 0.306 e. The number of hydrogen-bond acceptors (Lipinski definition) is 3. The van der Waals surface area contributed by atoms with E-state index < -0.39 is 5.97 Å². The zero-order valence-corrected chi connectivity index (χ0v) is 9.54. The Labute approximate surface area is 93.3 Å². The topological polar surface area (TPSA) is 40.5 Å². The standard InChI is InChI=1S/C11H15NO2S/c1-12(7-9-3-2-4-15-9)6-8-5-10(8)11(13)14/h2-4,8,10H,5-7H2,1H3,(H,13,14). The second-order valence-corrected chi connectivity index (χ2v) is 5.25. The Morgan fingerprint density at radius 1 is 1.73 bits per heavy atom. The molecule has 1 N–H and O–H groups in total. The van der Waals surface area contributed by atoms with E-state index in [1.807, 2.05) is 6.07 Å². The van der Waals surface area contributed by atoms with Crippen molar-refractivity contribution in [2.75, 3.05) is 13.6 Å². The Hall–Kier alpha value is -0.870. The third-order valence-corrected chi connectivity index (χ3v) is 3.65. The van der Waals surface area contributed by atoms with E-state index in [4.69, 9.17) is 5.11 Å². The average molecular weight is 225 g/mol. The largest absolute Gasteiger partial charge is 0.481 e. The van der Waals surface area contributed by atoms with Crippen LogP contribution in [0.5, 0.6) is 0 Å². The molecule has 1 aliphatic rings. The second-order valence-electron chi connectivity index (χ2n) is 4.22. The molecule has 1 aromatic heterocycles. The quantitative estimate of drug-likeness (QED) is 0.832. The lowest BCUT2D eigenvalue weighted by Gasteiger charge is -2.14. The van der Waals surface area contributed by atoms with Crippen molar-refractivity contribution in [1.82, 2.24) is 4.90 Å². The smallest absolute Gasteiger partial charge is 0.306 e. The molecule has 0 bridgehead atoms. The van der Waals surface area contributed by atoms with Crippen LogP contribution in [0.25, 0.3) is 0 Å². The molecule has 1 aliphatic carbocycles. The maximum atomic E-state index is 10.7. The van der Waals surface area contributed by atoms with Crippen LogP contribution in [-0.4, -0.2) is 29.6 Å². The predicted molar refractivity (Wildman–Crippen MR) is 59.9 cm³/mol. The molecule has 1 aromatic rings. The number of carbonyl (C=O) groups is 1. The minimum atomic E-state index is -0.635. The van der Waals surface area contributed by atoms with Gasteiger partial charge in [0.1, 0.15) is 0 Å². The molecule has 0 aliphatic heterocycles. The molecule has 1 heterocycles. The van der Waals surface area contributed by atoms with Gasteiger partial charge in [-0.15, -0.1) is 11.3 Å². The highest BCUT2D eigenvalue weighted by Gasteiger charge is 2.43. The fraction of sp³-hybridized carbons (Fsp3) is 0.545. The van der Waals surface area contributed by atoms with E-state index in [1.165, 1.54) is 4.88 Å². The van der Waals surface area contributed by atoms with Crippen LogP contribution in [0, 0.1) is 11.8 Å². The van der Waals surface area contributed by atoms with E-state index in [0.29, 0.717) is 5.92 Å². The van der Waals surface area contributed by atoms with Crippen LogP contribution in [0.1, 0.15) is 11.3 Å². The summed E-state index contributed by atoms with van der Waals surface area (Å²) in [6.07, 6.45) is 0.851. The number of thiophene rings is 1. The van der Waals surface area contributed by atoms with Crippen LogP contribution in [0.3, 0.4) is 0 Å². The molecule has 1 saturated carbocycles. The molecule has 0 aromatic carbocycles. The molecule has 2 unspecified atom stereocenters. The molecular formula is C11H15NO2S. The van der Waals surface area contributed by atoms with Gasteiger partial charge in [0.25, 0.3) is 0 Å². The fourth-order valence-corrected chi connectivity index (χ4v) is 2.67. The Morgan fingerprint density at radius 3 is 3.07 bits per heavy atom. The van der Waals surface area contributed by atoms with Crippen LogP contribution in [0.2, 0.25) is 0 Å². The molecule has 15 heavy (non-hydrogen) atoms. The minimum absolute atomic E-state index is 0.0872. The Bertz CT molecular complexity index is 336. The minimum Gasteiger partial charge on any atom is -0.481 e. The van der Waals surface area contributed by atoms with Crippen LogP contribution in [0.4, 0.5) is 0 Å². The highest BCUT2D eigenvalue weighted by Crippen LogP contribution is 2.39. The van der Waals surface area contributed by atoms with Gasteiger partial charge < -0.3 is 10.0 Å². The lowest BCUT2D eigenvalue weighted by Crippen LogP contribution is -2.21. The lowest BCUT2D eigenvalue weighted by molar-refractivity contribution is -0.138. The lowest BCUT2D eigenvalue weighted by atomic mass is 10.3. The van der Waals surface area contributed by atoms with Gasteiger partial charge in [0, 0.05) is 18.0 Å². The Balaban J connectivity index is 1.75. The maximum absolute atomic E-state index is 10.7. The highest BCUT2D eigenvalue weighted by molar-refractivity contribution is 7.09. The molecule has 2 rings (SSSR count). The van der Waals surface area contributed by atoms with Crippen molar-refractivity contribution in [2.24, 2.45) is 11.8 Å². The van der Waals surface area contributed by atoms with Crippen molar-refractivity contribution in [2.45, 2.75) is 13.0 Å². The van der Waals surface area contributed by atoms with Crippen LogP contribution in [0.15, 0.2) is 17.5 Å². The Kier molecular flexibility index (Phi) is 3.07. The van der Waals surface area contributed by atoms with E-state index >= 15 is 0 Å². The van der Waals surface area contributed by atoms with Gasteiger partial charge in [-0.1, -0.05) is 6.07 Å². The van der Waals surface area contributed by atoms with Crippen molar-refractivity contribution < 1.29 is 9.90 Å². The molecule has 0 saturated heterocycles. The molecule has 0 radical (unpaired) electrons. The summed E-state index contributed by atoms with van der Waals surface area (Å²) in [4.78, 5) is 14.2. The van der Waals surface area contributed by atoms with Crippen LogP contribution < -0.4 is 0 Å². The summed E-state index contributed by atoms with van der Waals surface area (Å²) < 4.78 is 0. The summed E-state index contributed by atoms with van der Waals surface area (Å²) in [5.41, 5.74) is 0. The predicted octanol–water partition coefficient (Wildman–Crippen LogP) is 1.90. The van der Waals surface area contributed by atoms with Crippen molar-refractivity contribution in [3.63, 3.8) is 0 Å². The van der Waals surface area contributed by atoms with E-state index in [2.05, 4.69) is 23.4 Å². The summed E-state index contributed by atoms with van der Waals surface area (Å²) in [7, 11) is 2.05. The summed E-state index contributed by atoms with van der Waals surface area (Å²) >= 11 is 1.75. The molecular weight excluding hydrogens is 210 g/mol. The molecule has 0 amide bonds. The first-order valence-corrected chi connectivity index (χ1v) is 5.98. The van der Waals surface area contributed by atoms with Gasteiger partial charge in [0.2, 0.25) is 0 Å². The van der Waals surface area contributed by atoms with E-state index in [0.717, 1.165) is 19.5 Å². The SMILES string of the molecule is CN(Cc1cccs1)CC1CC1C(=O)O. The van der Waals surface area contributed by atoms with Crippen molar-refractivity contribution in [3.05, 3.63) is 22.4 Å². The number of carboxylic acid groups (broad SMARTS) is 1. The first-order chi connectivity index (χ1) is 7.16. The summed E-state index contributed by atoms with van der Waals surface area (Å²) in [5.74, 6) is -0.354. The van der Waals surface area contributed by atoms with Gasteiger partial charge in [0.15, 0.2) is 0 Å². The van der Waals surface area contributed by atoms with Crippen molar-refractivity contribution in [3.8, 4) is 0 Å². The number of aliphatic carboxylic acids is 1. The second kappa shape index (κ2) is 4.33. The third kappa shape index (κ3) is 2.79. The number of hydrogen-bond donors (Lipinski definition) is 1. The summed E-state index contributed by atoms with van der Waals surface area (Å²) in [6, 6.07) is 4.16. The Morgan fingerprint density at radius 2 is 2.53 bits per heavy atom. The number of rotatable bonds is 5. The average Bonchev–Trinajstić information content (AvgIpc) is 2.73. The van der Waals surface area contributed by atoms with E-state index in [-0.39, 0.29) is 5.92 Å². The fourth-order valence-electron chi connectivity index (χ4n) is 1.89. The summed E-state index contributed by atoms with van der Waals surface area (Å²) in [5, 5.41) is 10.8. The molecule has 3 nitrogen and oxygen atoms in total. The molecule has 0 spiro atoms. The zero-order chi connectivity index (χ0) is 10.8. The monoisotopic (exact) mass is 225 g/mol. The number of carboxylic acids is 1. The van der Waals surface area contributed by atoms with Crippen molar-refractivity contribution >= 4 is 17.3 Å². The van der Waals surface area contributed by atoms with Crippen LogP contribution in [-0.2, 0) is 11.3 Å². The molecule has 1 fully saturated rings. The van der Waals surface area contributed by atoms with Gasteiger partial charge >= 0.3 is 5.97 Å². The normalized spacial score (nSPS) is 24.4. The van der Waals surface area contributed by atoms with Crippen molar-refractivity contribution in [1.29, 1.82) is 0 Å². The van der Waals surface area contributed by atoms with Gasteiger partial charge in [-0.3, -0.25) is 4.79 Å².